The second kappa shape index (κ2) is 13.1. The number of fused-ring (bicyclic) bond motifs is 1. The average molecular weight is 630 g/mol. The Morgan fingerprint density at radius 2 is 1.74 bits per heavy atom. The molecule has 1 N–H and O–H groups in total. The molecular formula is C39H52FN3O3. The number of aryl methyl sites for hydroxylation is 2. The van der Waals surface area contributed by atoms with Gasteiger partial charge in [-0.2, -0.15) is 0 Å². The lowest BCUT2D eigenvalue weighted by atomic mass is 9.81. The molecule has 46 heavy (non-hydrogen) atoms. The molecule has 0 radical (unpaired) electrons. The van der Waals surface area contributed by atoms with E-state index in [1.54, 1.807) is 12.1 Å². The number of pyridine rings is 1. The molecule has 6 nitrogen and oxygen atoms in total. The molecule has 0 spiro atoms. The van der Waals surface area contributed by atoms with Crippen LogP contribution in [0.15, 0.2) is 36.4 Å². The highest BCUT2D eigenvalue weighted by Gasteiger charge is 2.37. The first-order valence-corrected chi connectivity index (χ1v) is 16.8. The van der Waals surface area contributed by atoms with Crippen LogP contribution in [0.3, 0.4) is 0 Å². The van der Waals surface area contributed by atoms with Crippen molar-refractivity contribution in [2.24, 2.45) is 5.41 Å². The molecule has 248 valence electrons. The maximum atomic E-state index is 13.7. The van der Waals surface area contributed by atoms with E-state index in [9.17, 15) is 14.3 Å². The maximum absolute atomic E-state index is 13.7. The highest BCUT2D eigenvalue weighted by atomic mass is 19.1. The summed E-state index contributed by atoms with van der Waals surface area (Å²) in [5.41, 5.74) is 9.77. The number of aliphatic carboxylic acids is 1. The lowest BCUT2D eigenvalue weighted by molar-refractivity contribution is -0.160. The van der Waals surface area contributed by atoms with E-state index in [1.165, 1.54) is 11.1 Å². The number of carbonyl (C=O) groups is 1. The fourth-order valence-electron chi connectivity index (χ4n) is 6.97. The van der Waals surface area contributed by atoms with Gasteiger partial charge in [0, 0.05) is 49.5 Å². The molecule has 3 heterocycles. The van der Waals surface area contributed by atoms with Gasteiger partial charge in [-0.3, -0.25) is 9.88 Å². The number of piperidine rings is 1. The van der Waals surface area contributed by atoms with E-state index >= 15 is 0 Å². The highest BCUT2D eigenvalue weighted by Crippen LogP contribution is 2.47. The van der Waals surface area contributed by atoms with Gasteiger partial charge in [0.15, 0.2) is 6.10 Å². The Hall–Kier alpha value is -3.29. The summed E-state index contributed by atoms with van der Waals surface area (Å²) in [7, 11) is 0. The predicted octanol–water partition coefficient (Wildman–Crippen LogP) is 8.75. The van der Waals surface area contributed by atoms with Crippen molar-refractivity contribution in [2.75, 3.05) is 24.5 Å². The van der Waals surface area contributed by atoms with Gasteiger partial charge in [-0.05, 0) is 105 Å². The summed E-state index contributed by atoms with van der Waals surface area (Å²) < 4.78 is 20.0. The third kappa shape index (κ3) is 7.47. The normalized spacial score (nSPS) is 17.7. The Morgan fingerprint density at radius 1 is 1.04 bits per heavy atom. The Bertz CT molecular complexity index is 1600. The SMILES string of the molecule is Cc1cc(F)ccc1CN1CCc2cc(-c3c(C(C)C)nc(C)c([C@H](OC(C)(C)C)C(=O)O)c3N3CCC(C)(C)CC3)ccc2C1. The van der Waals surface area contributed by atoms with Crippen molar-refractivity contribution >= 4 is 11.7 Å². The third-order valence-corrected chi connectivity index (χ3v) is 9.65. The number of hydrogen-bond acceptors (Lipinski definition) is 5. The van der Waals surface area contributed by atoms with Crippen molar-refractivity contribution in [3.63, 3.8) is 0 Å². The number of benzene rings is 2. The molecule has 0 saturated carbocycles. The summed E-state index contributed by atoms with van der Waals surface area (Å²) in [6, 6.07) is 11.8. The maximum Gasteiger partial charge on any atom is 0.337 e. The van der Waals surface area contributed by atoms with Crippen molar-refractivity contribution in [1.29, 1.82) is 0 Å². The smallest absolute Gasteiger partial charge is 0.337 e. The van der Waals surface area contributed by atoms with Gasteiger partial charge in [0.25, 0.3) is 0 Å². The number of ether oxygens (including phenoxy) is 1. The Balaban J connectivity index is 1.62. The van der Waals surface area contributed by atoms with Crippen LogP contribution in [0.1, 0.15) is 113 Å². The van der Waals surface area contributed by atoms with Crippen molar-refractivity contribution in [1.82, 2.24) is 9.88 Å². The van der Waals surface area contributed by atoms with Crippen LogP contribution < -0.4 is 4.90 Å². The van der Waals surface area contributed by atoms with E-state index in [0.29, 0.717) is 11.3 Å². The second-order valence-electron chi connectivity index (χ2n) is 15.5. The molecule has 7 heteroatoms. The number of aromatic nitrogens is 1. The van der Waals surface area contributed by atoms with Crippen LogP contribution in [-0.2, 0) is 29.0 Å². The zero-order chi connectivity index (χ0) is 33.6. The standard InChI is InChI=1S/C39H52FN3O3/c1-24(2)34-33(28-10-11-30-23-42(17-14-27(30)21-28)22-29-12-13-31(40)20-25(29)3)35(43-18-15-39(8,9)16-19-43)32(26(4)41-34)36(37(44)45)46-38(5,6)7/h10-13,20-21,24,36H,14-19,22-23H2,1-9H3,(H,44,45)/t36-/m0/s1. The summed E-state index contributed by atoms with van der Waals surface area (Å²) >= 11 is 0. The molecule has 2 aliphatic rings. The number of carboxylic acids is 1. The van der Waals surface area contributed by atoms with Crippen molar-refractivity contribution in [3.05, 3.63) is 81.4 Å². The fourth-order valence-corrected chi connectivity index (χ4v) is 6.97. The quantitative estimate of drug-likeness (QED) is 0.269. The summed E-state index contributed by atoms with van der Waals surface area (Å²) in [6.45, 7) is 22.8. The van der Waals surface area contributed by atoms with E-state index in [4.69, 9.17) is 9.72 Å². The minimum absolute atomic E-state index is 0.139. The van der Waals surface area contributed by atoms with E-state index in [-0.39, 0.29) is 17.2 Å². The Kier molecular flexibility index (Phi) is 9.68. The fraction of sp³-hybridized carbons (Fsp3) is 0.538. The van der Waals surface area contributed by atoms with E-state index in [0.717, 1.165) is 85.6 Å². The van der Waals surface area contributed by atoms with E-state index < -0.39 is 17.7 Å². The summed E-state index contributed by atoms with van der Waals surface area (Å²) in [5.74, 6) is -1.05. The van der Waals surface area contributed by atoms with Crippen LogP contribution in [0.4, 0.5) is 10.1 Å². The largest absolute Gasteiger partial charge is 0.479 e. The molecule has 1 atom stereocenters. The van der Waals surface area contributed by atoms with Gasteiger partial charge in [0.1, 0.15) is 5.82 Å². The number of rotatable bonds is 8. The topological polar surface area (TPSA) is 65.9 Å². The molecule has 1 saturated heterocycles. The zero-order valence-corrected chi connectivity index (χ0v) is 29.3. The van der Waals surface area contributed by atoms with Gasteiger partial charge in [0.2, 0.25) is 0 Å². The molecule has 1 aromatic heterocycles. The number of halogens is 1. The van der Waals surface area contributed by atoms with Gasteiger partial charge in [-0.1, -0.05) is 52.0 Å². The molecule has 3 aromatic rings. The van der Waals surface area contributed by atoms with Crippen LogP contribution in [0.25, 0.3) is 11.1 Å². The lowest BCUT2D eigenvalue weighted by Crippen LogP contribution is -2.39. The van der Waals surface area contributed by atoms with E-state index in [2.05, 4.69) is 55.7 Å². The van der Waals surface area contributed by atoms with Crippen LogP contribution in [-0.4, -0.2) is 46.2 Å². The zero-order valence-electron chi connectivity index (χ0n) is 29.3. The average Bonchev–Trinajstić information content (AvgIpc) is 2.96. The summed E-state index contributed by atoms with van der Waals surface area (Å²) in [4.78, 5) is 22.9. The molecule has 0 aliphatic carbocycles. The molecule has 2 aliphatic heterocycles. The van der Waals surface area contributed by atoms with Gasteiger partial charge < -0.3 is 14.7 Å². The second-order valence-corrected chi connectivity index (χ2v) is 15.5. The monoisotopic (exact) mass is 629 g/mol. The molecular weight excluding hydrogens is 577 g/mol. The first-order chi connectivity index (χ1) is 21.5. The minimum Gasteiger partial charge on any atom is -0.479 e. The van der Waals surface area contributed by atoms with Gasteiger partial charge in [0.05, 0.1) is 17.0 Å². The van der Waals surface area contributed by atoms with Gasteiger partial charge >= 0.3 is 5.97 Å². The highest BCUT2D eigenvalue weighted by molar-refractivity contribution is 5.88. The minimum atomic E-state index is -1.14. The molecule has 0 unspecified atom stereocenters. The lowest BCUT2D eigenvalue weighted by Gasteiger charge is -2.41. The Labute approximate surface area is 275 Å². The number of anilines is 1. The predicted molar refractivity (Wildman–Crippen MR) is 184 cm³/mol. The summed E-state index contributed by atoms with van der Waals surface area (Å²) in [6.07, 6.45) is 1.81. The third-order valence-electron chi connectivity index (χ3n) is 9.65. The number of nitrogens with zero attached hydrogens (tertiary/aromatic N) is 3. The van der Waals surface area contributed by atoms with Crippen LogP contribution in [0, 0.1) is 25.1 Å². The van der Waals surface area contributed by atoms with Gasteiger partial charge in [-0.25, -0.2) is 9.18 Å². The first kappa shape index (κ1) is 34.1. The Morgan fingerprint density at radius 3 is 2.35 bits per heavy atom. The van der Waals surface area contributed by atoms with Crippen LogP contribution in [0.5, 0.6) is 0 Å². The van der Waals surface area contributed by atoms with Gasteiger partial charge in [-0.15, -0.1) is 0 Å². The van der Waals surface area contributed by atoms with Crippen LogP contribution >= 0.6 is 0 Å². The first-order valence-electron chi connectivity index (χ1n) is 16.8. The summed E-state index contributed by atoms with van der Waals surface area (Å²) in [5, 5.41) is 10.6. The molecule has 1 fully saturated rings. The molecule has 0 bridgehead atoms. The molecule has 2 aromatic carbocycles. The van der Waals surface area contributed by atoms with Crippen molar-refractivity contribution in [3.8, 4) is 11.1 Å². The van der Waals surface area contributed by atoms with Crippen molar-refractivity contribution in [2.45, 2.75) is 112 Å². The van der Waals surface area contributed by atoms with Crippen molar-refractivity contribution < 1.29 is 19.0 Å². The number of hydrogen-bond donors (Lipinski definition) is 1. The number of carboxylic acid groups (broad SMARTS) is 1. The molecule has 5 rings (SSSR count). The van der Waals surface area contributed by atoms with Crippen LogP contribution in [0.2, 0.25) is 0 Å². The molecule has 0 amide bonds. The van der Waals surface area contributed by atoms with E-state index in [1.807, 2.05) is 40.7 Å².